The fourth-order valence-electron chi connectivity index (χ4n) is 4.43. The topological polar surface area (TPSA) is 300 Å². The standard InChI is InChI=1S/C18H37N5O9.H2O/c19-3-9-8(25)2-7(22)17(29-9)31-15-5(20)1-6(21)16(14(15)28)32-18-13(27)11(23)12(26)10(4-24)30-18;/h5-18,24-28H,1-4,19-23H2;1H2/t5-,6+,7+,8-,9+,10+,11-,12+,13+,14-,15+,16-,17+,18+;/m0./s1. The summed E-state index contributed by atoms with van der Waals surface area (Å²) in [5, 5.41) is 50.7. The Kier molecular flexibility index (Phi) is 10.3. The highest BCUT2D eigenvalue weighted by Gasteiger charge is 2.50. The molecule has 3 rings (SSSR count). The van der Waals surface area contributed by atoms with Crippen molar-refractivity contribution < 1.29 is 50.0 Å². The quantitative estimate of drug-likeness (QED) is 0.167. The zero-order valence-electron chi connectivity index (χ0n) is 18.2. The summed E-state index contributed by atoms with van der Waals surface area (Å²) < 4.78 is 22.7. The third kappa shape index (κ3) is 5.97. The second-order valence-corrected chi connectivity index (χ2v) is 8.78. The van der Waals surface area contributed by atoms with Crippen LogP contribution in [0.4, 0.5) is 0 Å². The lowest BCUT2D eigenvalue weighted by atomic mass is 9.84. The van der Waals surface area contributed by atoms with E-state index >= 15 is 0 Å². The molecule has 0 bridgehead atoms. The van der Waals surface area contributed by atoms with Crippen molar-refractivity contribution in [3.05, 3.63) is 0 Å². The summed E-state index contributed by atoms with van der Waals surface area (Å²) in [6.45, 7) is -0.499. The highest BCUT2D eigenvalue weighted by Crippen LogP contribution is 2.30. The first-order valence-electron chi connectivity index (χ1n) is 10.8. The number of ether oxygens (including phenoxy) is 4. The van der Waals surface area contributed by atoms with E-state index < -0.39 is 92.2 Å². The maximum absolute atomic E-state index is 11.0. The SMILES string of the molecule is NC[C@H]1O[C@H](O[C@H]2[C@H](O)[C@@H](O[C@H]3O[C@H](CO)[C@@H](O)[C@H](N)[C@H]3O)[C@H](N)C[C@@H]2N)[C@H](N)C[C@@H]1O.O. The minimum absolute atomic E-state index is 0. The Hall–Kier alpha value is -0.600. The van der Waals surface area contributed by atoms with E-state index in [0.717, 1.165) is 0 Å². The van der Waals surface area contributed by atoms with Crippen LogP contribution in [0.25, 0.3) is 0 Å². The lowest BCUT2D eigenvalue weighted by molar-refractivity contribution is -0.314. The second-order valence-electron chi connectivity index (χ2n) is 8.78. The second kappa shape index (κ2) is 11.9. The Labute approximate surface area is 191 Å². The molecule has 196 valence electrons. The van der Waals surface area contributed by atoms with Crippen LogP contribution in [0.1, 0.15) is 12.8 Å². The van der Waals surface area contributed by atoms with Gasteiger partial charge in [0.25, 0.3) is 0 Å². The Morgan fingerprint density at radius 1 is 0.727 bits per heavy atom. The predicted octanol–water partition coefficient (Wildman–Crippen LogP) is -7.12. The number of nitrogens with two attached hydrogens (primary N) is 5. The molecule has 0 radical (unpaired) electrons. The number of aliphatic hydroxyl groups is 5. The van der Waals surface area contributed by atoms with E-state index in [2.05, 4.69) is 0 Å². The lowest BCUT2D eigenvalue weighted by Gasteiger charge is -2.47. The van der Waals surface area contributed by atoms with Gasteiger partial charge in [0.05, 0.1) is 30.9 Å². The molecular formula is C18H39N5O10. The van der Waals surface area contributed by atoms with E-state index in [1.54, 1.807) is 0 Å². The van der Waals surface area contributed by atoms with Crippen LogP contribution in [0.2, 0.25) is 0 Å². The third-order valence-corrected chi connectivity index (χ3v) is 6.41. The van der Waals surface area contributed by atoms with Crippen LogP contribution in [-0.4, -0.2) is 130 Å². The molecule has 3 aliphatic rings. The molecule has 0 amide bonds. The fraction of sp³-hybridized carbons (Fsp3) is 1.00. The van der Waals surface area contributed by atoms with Crippen molar-refractivity contribution in [2.75, 3.05) is 13.2 Å². The molecule has 2 heterocycles. The molecule has 15 nitrogen and oxygen atoms in total. The molecule has 0 spiro atoms. The van der Waals surface area contributed by atoms with Gasteiger partial charge in [0, 0.05) is 18.6 Å². The minimum atomic E-state index is -1.44. The van der Waals surface area contributed by atoms with Crippen LogP contribution < -0.4 is 28.7 Å². The molecule has 3 fully saturated rings. The van der Waals surface area contributed by atoms with Gasteiger partial charge in [0.1, 0.15) is 36.6 Å². The van der Waals surface area contributed by atoms with E-state index in [-0.39, 0.29) is 24.9 Å². The Balaban J connectivity index is 0.00000385. The van der Waals surface area contributed by atoms with Crippen LogP contribution in [0, 0.1) is 0 Å². The largest absolute Gasteiger partial charge is 0.412 e. The molecule has 0 aromatic carbocycles. The van der Waals surface area contributed by atoms with E-state index in [1.807, 2.05) is 0 Å². The molecule has 2 aliphatic heterocycles. The summed E-state index contributed by atoms with van der Waals surface area (Å²) in [4.78, 5) is 0. The summed E-state index contributed by atoms with van der Waals surface area (Å²) in [6.07, 6.45) is -10.8. The molecule has 1 saturated carbocycles. The van der Waals surface area contributed by atoms with Gasteiger partial charge in [-0.3, -0.25) is 0 Å². The minimum Gasteiger partial charge on any atom is -0.412 e. The van der Waals surface area contributed by atoms with Gasteiger partial charge in [-0.2, -0.15) is 0 Å². The molecule has 0 aromatic heterocycles. The maximum Gasteiger partial charge on any atom is 0.186 e. The van der Waals surface area contributed by atoms with E-state index in [1.165, 1.54) is 0 Å². The van der Waals surface area contributed by atoms with Crippen molar-refractivity contribution in [3.8, 4) is 0 Å². The van der Waals surface area contributed by atoms with Gasteiger partial charge in [0.15, 0.2) is 12.6 Å². The maximum atomic E-state index is 11.0. The highest BCUT2D eigenvalue weighted by atomic mass is 16.7. The Morgan fingerprint density at radius 2 is 1.27 bits per heavy atom. The summed E-state index contributed by atoms with van der Waals surface area (Å²) in [7, 11) is 0. The molecule has 14 atom stereocenters. The summed E-state index contributed by atoms with van der Waals surface area (Å²) in [5.41, 5.74) is 29.8. The van der Waals surface area contributed by atoms with Crippen molar-refractivity contribution in [2.24, 2.45) is 28.7 Å². The van der Waals surface area contributed by atoms with Gasteiger partial charge in [0.2, 0.25) is 0 Å². The smallest absolute Gasteiger partial charge is 0.186 e. The molecule has 1 aliphatic carbocycles. The van der Waals surface area contributed by atoms with Crippen molar-refractivity contribution in [1.29, 1.82) is 0 Å². The number of rotatable bonds is 6. The number of hydrogen-bond donors (Lipinski definition) is 10. The monoisotopic (exact) mass is 485 g/mol. The average Bonchev–Trinajstić information content (AvgIpc) is 2.75. The molecule has 0 unspecified atom stereocenters. The predicted molar refractivity (Wildman–Crippen MR) is 112 cm³/mol. The van der Waals surface area contributed by atoms with Crippen LogP contribution in [0.15, 0.2) is 0 Å². The first kappa shape index (κ1) is 28.6. The molecular weight excluding hydrogens is 446 g/mol. The van der Waals surface area contributed by atoms with Crippen molar-refractivity contribution in [1.82, 2.24) is 0 Å². The zero-order valence-corrected chi connectivity index (χ0v) is 18.2. The highest BCUT2D eigenvalue weighted by molar-refractivity contribution is 5.01. The average molecular weight is 486 g/mol. The van der Waals surface area contributed by atoms with E-state index in [4.69, 9.17) is 47.6 Å². The molecule has 17 N–H and O–H groups in total. The van der Waals surface area contributed by atoms with Gasteiger partial charge in [-0.05, 0) is 12.8 Å². The zero-order chi connectivity index (χ0) is 23.7. The van der Waals surface area contributed by atoms with Crippen molar-refractivity contribution >= 4 is 0 Å². The van der Waals surface area contributed by atoms with Gasteiger partial charge in [-0.1, -0.05) is 0 Å². The fourth-order valence-corrected chi connectivity index (χ4v) is 4.43. The summed E-state index contributed by atoms with van der Waals surface area (Å²) >= 11 is 0. The van der Waals surface area contributed by atoms with Crippen LogP contribution >= 0.6 is 0 Å². The number of aliphatic hydroxyl groups excluding tert-OH is 5. The summed E-state index contributed by atoms with van der Waals surface area (Å²) in [6, 6.07) is -3.27. The van der Waals surface area contributed by atoms with E-state index in [0.29, 0.717) is 0 Å². The summed E-state index contributed by atoms with van der Waals surface area (Å²) in [5.74, 6) is 0. The first-order chi connectivity index (χ1) is 15.1. The van der Waals surface area contributed by atoms with Crippen molar-refractivity contribution in [2.45, 2.75) is 98.4 Å². The van der Waals surface area contributed by atoms with Gasteiger partial charge >= 0.3 is 0 Å². The Bertz CT molecular complexity index is 609. The van der Waals surface area contributed by atoms with Crippen molar-refractivity contribution in [3.63, 3.8) is 0 Å². The van der Waals surface area contributed by atoms with Crippen LogP contribution in [-0.2, 0) is 18.9 Å². The van der Waals surface area contributed by atoms with Gasteiger partial charge < -0.3 is 78.6 Å². The number of hydrogen-bond acceptors (Lipinski definition) is 14. The molecule has 33 heavy (non-hydrogen) atoms. The normalized spacial score (nSPS) is 51.1. The van der Waals surface area contributed by atoms with Crippen LogP contribution in [0.3, 0.4) is 0 Å². The van der Waals surface area contributed by atoms with Gasteiger partial charge in [-0.15, -0.1) is 0 Å². The Morgan fingerprint density at radius 3 is 1.82 bits per heavy atom. The van der Waals surface area contributed by atoms with E-state index in [9.17, 15) is 25.5 Å². The first-order valence-corrected chi connectivity index (χ1v) is 10.8. The molecule has 15 heteroatoms. The lowest BCUT2D eigenvalue weighted by Crippen LogP contribution is -2.68. The molecule has 0 aromatic rings. The van der Waals surface area contributed by atoms with Gasteiger partial charge in [-0.25, -0.2) is 0 Å². The third-order valence-electron chi connectivity index (χ3n) is 6.41. The van der Waals surface area contributed by atoms with Crippen LogP contribution in [0.5, 0.6) is 0 Å². The molecule has 2 saturated heterocycles.